The van der Waals surface area contributed by atoms with Crippen molar-refractivity contribution in [2.24, 2.45) is 0 Å². The third-order valence-electron chi connectivity index (χ3n) is 17.6. The summed E-state index contributed by atoms with van der Waals surface area (Å²) in [7, 11) is 0. The molecule has 5 aliphatic heterocycles. The summed E-state index contributed by atoms with van der Waals surface area (Å²) in [5.74, 6) is 1.30. The zero-order valence-corrected chi connectivity index (χ0v) is 51.4. The molecule has 2 saturated heterocycles. The van der Waals surface area contributed by atoms with Gasteiger partial charge < -0.3 is 59.4 Å². The van der Waals surface area contributed by atoms with Crippen LogP contribution in [0.1, 0.15) is 73.1 Å². The minimum atomic E-state index is -1.04. The highest BCUT2D eigenvalue weighted by Gasteiger charge is 2.37. The lowest BCUT2D eigenvalue weighted by Crippen LogP contribution is -2.53. The lowest BCUT2D eigenvalue weighted by atomic mass is 9.94. The van der Waals surface area contributed by atoms with Crippen molar-refractivity contribution < 1.29 is 43.2 Å². The molecule has 0 radical (unpaired) electrons. The molecule has 7 unspecified atom stereocenters. The number of para-hydroxylation sites is 6. The first-order valence-corrected chi connectivity index (χ1v) is 31.5. The van der Waals surface area contributed by atoms with Crippen LogP contribution in [0.5, 0.6) is 17.2 Å². The smallest absolute Gasteiger partial charge is 0.263 e. The Hall–Kier alpha value is -9.96. The molecule has 472 valence electrons. The second-order valence-electron chi connectivity index (χ2n) is 25.0. The van der Waals surface area contributed by atoms with Gasteiger partial charge in [0.15, 0.2) is 18.3 Å². The van der Waals surface area contributed by atoms with Gasteiger partial charge in [-0.25, -0.2) is 14.0 Å². The maximum absolute atomic E-state index is 14.2. The Labute approximate surface area is 533 Å². The van der Waals surface area contributed by atoms with Gasteiger partial charge in [-0.15, -0.1) is 0 Å². The van der Waals surface area contributed by atoms with Gasteiger partial charge >= 0.3 is 0 Å². The van der Waals surface area contributed by atoms with Crippen LogP contribution in [0.15, 0.2) is 189 Å². The van der Waals surface area contributed by atoms with Gasteiger partial charge in [-0.3, -0.25) is 14.4 Å². The summed E-state index contributed by atoms with van der Waals surface area (Å²) in [6.07, 6.45) is 8.73. The highest BCUT2D eigenvalue weighted by atomic mass is 16.5. The summed E-state index contributed by atoms with van der Waals surface area (Å²) in [4.78, 5) is 48.0. The summed E-state index contributed by atoms with van der Waals surface area (Å²) >= 11 is 0. The quantitative estimate of drug-likeness (QED) is 0.0638. The number of carbonyl (C=O) groups excluding carboxylic acids is 3. The lowest BCUT2D eigenvalue weighted by Gasteiger charge is -2.37. The minimum absolute atomic E-state index is 0.0281. The second-order valence-corrected chi connectivity index (χ2v) is 25.0. The number of rotatable bonds is 18. The predicted molar refractivity (Wildman–Crippen MR) is 346 cm³/mol. The maximum atomic E-state index is 14.2. The Bertz CT molecular complexity index is 4040. The van der Waals surface area contributed by atoms with Crippen molar-refractivity contribution in [2.45, 2.75) is 101 Å². The summed E-state index contributed by atoms with van der Waals surface area (Å²) in [6.45, 7) is 7.58. The number of carbonyl (C=O) groups is 3. The number of ether oxygens (including phenoxy) is 5. The average Bonchev–Trinajstić information content (AvgIpc) is 1.21. The Balaban J connectivity index is 0.572. The largest absolute Gasteiger partial charge is 0.477 e. The standard InChI is InChI=1S/C71H74N12O9/c1-71(2,87)46-72-68(84)65-41-78(58-10-3-6-13-61(58)90-65)37-48-18-24-55(25-19-48)82-40-51(36-75-82)64-35-52(29-33-89-64)76-69(85)66-42-80(59-11-4-7-14-62(59)91-66)39-49-20-26-56(27-21-49)83-57(28-31-74-83)50-34-53(45-88-44-50)77-70(86)67-43-79(60-12-5-8-15-63(60)92-67)38-47-16-22-54(23-17-47)81-32-9-30-73-81/h3-28,30-32,36,40,50,52-53,64-67,87H,29,33-35,37-39,41-46H2,1-2H3,(H,72,84)(H,76,85)(H,77,86). The van der Waals surface area contributed by atoms with E-state index in [1.807, 2.05) is 136 Å². The average molecular weight is 1240 g/mol. The van der Waals surface area contributed by atoms with Gasteiger partial charge in [-0.2, -0.15) is 15.3 Å². The number of anilines is 3. The van der Waals surface area contributed by atoms with E-state index in [-0.39, 0.29) is 48.4 Å². The summed E-state index contributed by atoms with van der Waals surface area (Å²) in [5, 5.41) is 33.4. The topological polar surface area (TPSA) is 217 Å². The molecule has 7 atom stereocenters. The third kappa shape index (κ3) is 13.4. The number of aromatic nitrogens is 6. The zero-order chi connectivity index (χ0) is 62.7. The third-order valence-corrected chi connectivity index (χ3v) is 17.6. The molecule has 6 aromatic carbocycles. The number of amides is 3. The molecule has 8 heterocycles. The van der Waals surface area contributed by atoms with Gasteiger partial charge in [-0.05, 0) is 135 Å². The molecule has 5 aliphatic rings. The first-order chi connectivity index (χ1) is 44.9. The van der Waals surface area contributed by atoms with Gasteiger partial charge in [0.1, 0.15) is 17.2 Å². The number of aliphatic hydroxyl groups is 1. The molecule has 14 rings (SSSR count). The Morgan fingerprint density at radius 1 is 0.554 bits per heavy atom. The van der Waals surface area contributed by atoms with Crippen molar-refractivity contribution in [2.75, 3.05) is 60.7 Å². The monoisotopic (exact) mass is 1240 g/mol. The van der Waals surface area contributed by atoms with E-state index >= 15 is 0 Å². The van der Waals surface area contributed by atoms with Gasteiger partial charge in [-0.1, -0.05) is 72.8 Å². The van der Waals surface area contributed by atoms with Crippen LogP contribution in [0, 0.1) is 0 Å². The van der Waals surface area contributed by atoms with Crippen LogP contribution in [0.2, 0.25) is 0 Å². The van der Waals surface area contributed by atoms with Crippen LogP contribution >= 0.6 is 0 Å². The normalized spacial score (nSPS) is 21.1. The van der Waals surface area contributed by atoms with Crippen LogP contribution in [0.3, 0.4) is 0 Å². The number of nitrogens with zero attached hydrogens (tertiary/aromatic N) is 9. The number of hydrogen-bond donors (Lipinski definition) is 4. The number of fused-ring (bicyclic) bond motifs is 3. The number of hydrogen-bond acceptors (Lipinski definition) is 15. The van der Waals surface area contributed by atoms with Crippen molar-refractivity contribution in [3.05, 3.63) is 217 Å². The van der Waals surface area contributed by atoms with Crippen molar-refractivity contribution in [1.29, 1.82) is 0 Å². The van der Waals surface area contributed by atoms with Crippen LogP contribution in [0.25, 0.3) is 17.1 Å². The summed E-state index contributed by atoms with van der Waals surface area (Å²) in [6, 6.07) is 51.8. The second kappa shape index (κ2) is 26.1. The first kappa shape index (κ1) is 59.7. The summed E-state index contributed by atoms with van der Waals surface area (Å²) < 4.78 is 37.0. The number of nitrogens with one attached hydrogen (secondary N) is 3. The number of benzene rings is 6. The SMILES string of the molecule is CC(C)(O)CNC(=O)C1CN(Cc2ccc(-n3cc(C4CC(NC(=O)C5CN(Cc6ccc(-n7nccc7C7COCC(NC(=O)C8CN(Cc9ccc(-n%10cccn%10)cc9)c9ccccc9O8)C7)cc6)c6ccccc6O5)CCO4)cn3)cc2)c2ccccc2O1. The molecule has 9 aromatic rings. The molecule has 0 bridgehead atoms. The minimum Gasteiger partial charge on any atom is -0.477 e. The van der Waals surface area contributed by atoms with Gasteiger partial charge in [0, 0.05) is 80.8 Å². The molecule has 0 saturated carbocycles. The van der Waals surface area contributed by atoms with E-state index in [1.165, 1.54) is 0 Å². The van der Waals surface area contributed by atoms with E-state index < -0.39 is 23.9 Å². The van der Waals surface area contributed by atoms with Gasteiger partial charge in [0.25, 0.3) is 17.7 Å². The van der Waals surface area contributed by atoms with E-state index in [0.29, 0.717) is 95.6 Å². The molecule has 3 aromatic heterocycles. The molecule has 4 N–H and O–H groups in total. The zero-order valence-electron chi connectivity index (χ0n) is 51.4. The van der Waals surface area contributed by atoms with E-state index in [4.69, 9.17) is 33.9 Å². The first-order valence-electron chi connectivity index (χ1n) is 31.5. The Kier molecular flexibility index (Phi) is 16.9. The highest BCUT2D eigenvalue weighted by Crippen LogP contribution is 2.39. The molecule has 0 aliphatic carbocycles. The Morgan fingerprint density at radius 3 is 1.62 bits per heavy atom. The van der Waals surface area contributed by atoms with E-state index in [0.717, 1.165) is 62.1 Å². The van der Waals surface area contributed by atoms with E-state index in [1.54, 1.807) is 20.0 Å². The van der Waals surface area contributed by atoms with Crippen LogP contribution in [-0.4, -0.2) is 134 Å². The molecule has 2 fully saturated rings. The van der Waals surface area contributed by atoms with Crippen LogP contribution in [0.4, 0.5) is 17.1 Å². The molecular formula is C71H74N12O9. The molecule has 0 spiro atoms. The van der Waals surface area contributed by atoms with Gasteiger partial charge in [0.05, 0.1) is 90.9 Å². The molecule has 92 heavy (non-hydrogen) atoms. The Morgan fingerprint density at radius 2 is 1.08 bits per heavy atom. The van der Waals surface area contributed by atoms with E-state index in [2.05, 4.69) is 96.4 Å². The van der Waals surface area contributed by atoms with Crippen LogP contribution < -0.4 is 44.9 Å². The fourth-order valence-electron chi connectivity index (χ4n) is 12.9. The van der Waals surface area contributed by atoms with Crippen molar-refractivity contribution >= 4 is 34.8 Å². The van der Waals surface area contributed by atoms with Crippen molar-refractivity contribution in [3.63, 3.8) is 0 Å². The van der Waals surface area contributed by atoms with E-state index in [9.17, 15) is 19.5 Å². The van der Waals surface area contributed by atoms with Crippen LogP contribution in [-0.2, 0) is 43.5 Å². The fraction of sp³-hybridized carbons (Fsp3) is 0.324. The predicted octanol–water partition coefficient (Wildman–Crippen LogP) is 8.16. The molecular weight excluding hydrogens is 1160 g/mol. The molecule has 21 nitrogen and oxygen atoms in total. The lowest BCUT2D eigenvalue weighted by molar-refractivity contribution is -0.130. The van der Waals surface area contributed by atoms with Gasteiger partial charge in [0.2, 0.25) is 0 Å². The highest BCUT2D eigenvalue weighted by molar-refractivity contribution is 5.85. The fourth-order valence-corrected chi connectivity index (χ4v) is 12.9. The molecule has 21 heteroatoms. The summed E-state index contributed by atoms with van der Waals surface area (Å²) in [5.41, 5.74) is 9.60. The van der Waals surface area contributed by atoms with Crippen molar-refractivity contribution in [3.8, 4) is 34.3 Å². The maximum Gasteiger partial charge on any atom is 0.263 e. The van der Waals surface area contributed by atoms with Crippen molar-refractivity contribution in [1.82, 2.24) is 45.3 Å². The molecule has 3 amide bonds.